The van der Waals surface area contributed by atoms with Gasteiger partial charge in [-0.3, -0.25) is 0 Å². The third-order valence-electron chi connectivity index (χ3n) is 3.40. The Bertz CT molecular complexity index is 646. The maximum Gasteiger partial charge on any atom is 0.183 e. The molecule has 3 N–H and O–H groups in total. The van der Waals surface area contributed by atoms with E-state index in [0.29, 0.717) is 13.0 Å². The molecule has 3 nitrogen and oxygen atoms in total. The normalized spacial score (nSPS) is 17.2. The summed E-state index contributed by atoms with van der Waals surface area (Å²) in [6.45, 7) is 0.519. The monoisotopic (exact) mass is 276 g/mol. The van der Waals surface area contributed by atoms with Crippen molar-refractivity contribution in [1.29, 1.82) is 0 Å². The van der Waals surface area contributed by atoms with Crippen LogP contribution in [0.2, 0.25) is 0 Å². The molecule has 0 saturated heterocycles. The van der Waals surface area contributed by atoms with Crippen molar-refractivity contribution in [2.45, 2.75) is 12.5 Å². The van der Waals surface area contributed by atoms with E-state index in [1.165, 1.54) is 6.07 Å². The highest BCUT2D eigenvalue weighted by molar-refractivity contribution is 5.68. The number of nitrogen functional groups attached to an aromatic ring is 1. The van der Waals surface area contributed by atoms with Gasteiger partial charge in [0, 0.05) is 12.0 Å². The number of fused-ring (bicyclic) bond motifs is 1. The van der Waals surface area contributed by atoms with Crippen LogP contribution in [0.4, 0.5) is 20.2 Å². The fourth-order valence-corrected chi connectivity index (χ4v) is 2.38. The van der Waals surface area contributed by atoms with E-state index < -0.39 is 11.6 Å². The molecule has 3 rings (SSSR count). The van der Waals surface area contributed by atoms with Crippen molar-refractivity contribution >= 4 is 11.4 Å². The third kappa shape index (κ3) is 2.15. The highest BCUT2D eigenvalue weighted by atomic mass is 19.2. The molecule has 2 aromatic rings. The quantitative estimate of drug-likeness (QED) is 0.825. The Kier molecular flexibility index (Phi) is 3.18. The summed E-state index contributed by atoms with van der Waals surface area (Å²) in [6.07, 6.45) is 0.659. The fourth-order valence-electron chi connectivity index (χ4n) is 2.38. The van der Waals surface area contributed by atoms with Gasteiger partial charge >= 0.3 is 0 Å². The zero-order valence-corrected chi connectivity index (χ0v) is 10.7. The molecule has 0 aliphatic carbocycles. The van der Waals surface area contributed by atoms with Crippen molar-refractivity contribution in [3.05, 3.63) is 53.6 Å². The van der Waals surface area contributed by atoms with Crippen LogP contribution in [0.25, 0.3) is 0 Å². The number of nitrogens with one attached hydrogen (secondary N) is 1. The van der Waals surface area contributed by atoms with E-state index in [-0.39, 0.29) is 17.4 Å². The SMILES string of the molecule is Nc1ccc(F)c(F)c1NC1CCOc2ccccc21. The predicted octanol–water partition coefficient (Wildman–Crippen LogP) is 3.48. The van der Waals surface area contributed by atoms with Crippen LogP contribution in [0.3, 0.4) is 0 Å². The second-order valence-corrected chi connectivity index (χ2v) is 4.70. The summed E-state index contributed by atoms with van der Waals surface area (Å²) in [5.41, 5.74) is 6.84. The lowest BCUT2D eigenvalue weighted by Gasteiger charge is -2.28. The van der Waals surface area contributed by atoms with Gasteiger partial charge in [-0.1, -0.05) is 18.2 Å². The summed E-state index contributed by atoms with van der Waals surface area (Å²) in [5.74, 6) is -1.11. The van der Waals surface area contributed by atoms with Crippen LogP contribution < -0.4 is 15.8 Å². The van der Waals surface area contributed by atoms with Crippen molar-refractivity contribution in [3.8, 4) is 5.75 Å². The number of nitrogens with two attached hydrogens (primary N) is 1. The molecule has 0 aromatic heterocycles. The number of ether oxygens (including phenoxy) is 1. The molecule has 0 spiro atoms. The minimum atomic E-state index is -0.950. The molecule has 0 saturated carbocycles. The molecule has 0 amide bonds. The molecule has 1 atom stereocenters. The lowest BCUT2D eigenvalue weighted by atomic mass is 10.00. The molecule has 5 heteroatoms. The van der Waals surface area contributed by atoms with Gasteiger partial charge in [0.2, 0.25) is 0 Å². The first-order valence-corrected chi connectivity index (χ1v) is 6.38. The van der Waals surface area contributed by atoms with E-state index in [0.717, 1.165) is 17.4 Å². The van der Waals surface area contributed by atoms with Crippen molar-refractivity contribution in [2.75, 3.05) is 17.7 Å². The van der Waals surface area contributed by atoms with E-state index >= 15 is 0 Å². The highest BCUT2D eigenvalue weighted by Crippen LogP contribution is 2.36. The number of benzene rings is 2. The van der Waals surface area contributed by atoms with Crippen LogP contribution in [-0.4, -0.2) is 6.61 Å². The number of halogens is 2. The van der Waals surface area contributed by atoms with Gasteiger partial charge in [0.05, 0.1) is 24.0 Å². The highest BCUT2D eigenvalue weighted by Gasteiger charge is 2.23. The molecule has 0 radical (unpaired) electrons. The maximum absolute atomic E-state index is 13.8. The van der Waals surface area contributed by atoms with E-state index in [2.05, 4.69) is 5.32 Å². The summed E-state index contributed by atoms with van der Waals surface area (Å²) < 4.78 is 32.7. The van der Waals surface area contributed by atoms with E-state index in [1.54, 1.807) is 0 Å². The Morgan fingerprint density at radius 2 is 1.95 bits per heavy atom. The van der Waals surface area contributed by atoms with Crippen LogP contribution in [-0.2, 0) is 0 Å². The van der Waals surface area contributed by atoms with Gasteiger partial charge in [0.15, 0.2) is 11.6 Å². The minimum Gasteiger partial charge on any atom is -0.493 e. The van der Waals surface area contributed by atoms with Crippen LogP contribution >= 0.6 is 0 Å². The van der Waals surface area contributed by atoms with Crippen molar-refractivity contribution in [3.63, 3.8) is 0 Å². The Labute approximate surface area is 115 Å². The number of hydrogen-bond donors (Lipinski definition) is 2. The standard InChI is InChI=1S/C15H14F2N2O/c16-10-5-6-11(18)15(14(10)17)19-12-7-8-20-13-4-2-1-3-9(12)13/h1-6,12,19H,7-8,18H2. The van der Waals surface area contributed by atoms with Crippen LogP contribution in [0.1, 0.15) is 18.0 Å². The first kappa shape index (κ1) is 12.7. The minimum absolute atomic E-state index is 0.00621. The molecule has 2 aromatic carbocycles. The van der Waals surface area contributed by atoms with E-state index in [4.69, 9.17) is 10.5 Å². The third-order valence-corrected chi connectivity index (χ3v) is 3.40. The second kappa shape index (κ2) is 5.00. The Morgan fingerprint density at radius 1 is 1.15 bits per heavy atom. The molecular formula is C15H14F2N2O. The predicted molar refractivity (Wildman–Crippen MR) is 73.7 cm³/mol. The number of hydrogen-bond acceptors (Lipinski definition) is 3. The molecule has 104 valence electrons. The van der Waals surface area contributed by atoms with Gasteiger partial charge in [-0.25, -0.2) is 8.78 Å². The average Bonchev–Trinajstić information content (AvgIpc) is 2.48. The van der Waals surface area contributed by atoms with Gasteiger partial charge in [0.1, 0.15) is 5.75 Å². The maximum atomic E-state index is 13.8. The Morgan fingerprint density at radius 3 is 2.80 bits per heavy atom. The summed E-state index contributed by atoms with van der Waals surface area (Å²) in [4.78, 5) is 0. The first-order valence-electron chi connectivity index (χ1n) is 6.38. The van der Waals surface area contributed by atoms with Crippen molar-refractivity contribution in [1.82, 2.24) is 0 Å². The van der Waals surface area contributed by atoms with Gasteiger partial charge in [-0.15, -0.1) is 0 Å². The lowest BCUT2D eigenvalue weighted by Crippen LogP contribution is -2.21. The summed E-state index contributed by atoms with van der Waals surface area (Å²) in [7, 11) is 0. The Balaban J connectivity index is 1.96. The van der Waals surface area contributed by atoms with E-state index in [9.17, 15) is 8.78 Å². The number of anilines is 2. The second-order valence-electron chi connectivity index (χ2n) is 4.70. The summed E-state index contributed by atoms with van der Waals surface area (Å²) in [5, 5.41) is 2.99. The number of para-hydroxylation sites is 1. The van der Waals surface area contributed by atoms with Crippen LogP contribution in [0.5, 0.6) is 5.75 Å². The van der Waals surface area contributed by atoms with Crippen LogP contribution in [0, 0.1) is 11.6 Å². The molecular weight excluding hydrogens is 262 g/mol. The smallest absolute Gasteiger partial charge is 0.183 e. The molecule has 1 unspecified atom stereocenters. The molecule has 0 bridgehead atoms. The van der Waals surface area contributed by atoms with Crippen molar-refractivity contribution < 1.29 is 13.5 Å². The molecule has 1 aliphatic heterocycles. The Hall–Kier alpha value is -2.30. The fraction of sp³-hybridized carbons (Fsp3) is 0.200. The zero-order valence-electron chi connectivity index (χ0n) is 10.7. The van der Waals surface area contributed by atoms with Gasteiger partial charge < -0.3 is 15.8 Å². The topological polar surface area (TPSA) is 47.3 Å². The van der Waals surface area contributed by atoms with Gasteiger partial charge in [-0.2, -0.15) is 0 Å². The summed E-state index contributed by atoms with van der Waals surface area (Å²) in [6, 6.07) is 9.73. The van der Waals surface area contributed by atoms with Crippen LogP contribution in [0.15, 0.2) is 36.4 Å². The van der Waals surface area contributed by atoms with E-state index in [1.807, 2.05) is 24.3 Å². The van der Waals surface area contributed by atoms with Gasteiger partial charge in [0.25, 0.3) is 0 Å². The lowest BCUT2D eigenvalue weighted by molar-refractivity contribution is 0.274. The molecule has 0 fully saturated rings. The number of rotatable bonds is 2. The summed E-state index contributed by atoms with van der Waals surface area (Å²) >= 11 is 0. The van der Waals surface area contributed by atoms with Crippen molar-refractivity contribution in [2.24, 2.45) is 0 Å². The largest absolute Gasteiger partial charge is 0.493 e. The average molecular weight is 276 g/mol. The first-order chi connectivity index (χ1) is 9.66. The molecule has 1 heterocycles. The molecule has 1 aliphatic rings. The molecule has 20 heavy (non-hydrogen) atoms. The zero-order chi connectivity index (χ0) is 14.1. The van der Waals surface area contributed by atoms with Gasteiger partial charge in [-0.05, 0) is 18.2 Å².